The zero-order chi connectivity index (χ0) is 15.9. The number of nitrogens with one attached hydrogen (secondary N) is 1. The van der Waals surface area contributed by atoms with Crippen molar-refractivity contribution in [2.45, 2.75) is 13.5 Å². The number of rotatable bonds is 7. The van der Waals surface area contributed by atoms with Gasteiger partial charge in [0.25, 0.3) is 0 Å². The summed E-state index contributed by atoms with van der Waals surface area (Å²) >= 11 is 0. The minimum Gasteiger partial charge on any atom is -0.371 e. The second kappa shape index (κ2) is 8.46. The van der Waals surface area contributed by atoms with E-state index in [0.717, 1.165) is 52.4 Å². The van der Waals surface area contributed by atoms with Gasteiger partial charge in [-0.25, -0.2) is 4.39 Å². The third-order valence-electron chi connectivity index (χ3n) is 4.44. The molecule has 1 N–H and O–H groups in total. The van der Waals surface area contributed by atoms with Crippen molar-refractivity contribution in [1.82, 2.24) is 15.1 Å². The molecule has 5 heteroatoms. The van der Waals surface area contributed by atoms with Crippen LogP contribution in [0, 0.1) is 5.82 Å². The fraction of sp³-hybridized carbons (Fsp3) is 0.647. The van der Waals surface area contributed by atoms with E-state index in [2.05, 4.69) is 22.0 Å². The Bertz CT molecular complexity index is 458. The van der Waals surface area contributed by atoms with Crippen molar-refractivity contribution in [1.29, 1.82) is 0 Å². The molecule has 1 aliphatic heterocycles. The molecule has 0 aliphatic carbocycles. The van der Waals surface area contributed by atoms with E-state index in [-0.39, 0.29) is 5.82 Å². The van der Waals surface area contributed by atoms with Crippen LogP contribution >= 0.6 is 0 Å². The van der Waals surface area contributed by atoms with Gasteiger partial charge in [-0.1, -0.05) is 13.0 Å². The van der Waals surface area contributed by atoms with Crippen LogP contribution in [0.4, 0.5) is 10.1 Å². The van der Waals surface area contributed by atoms with E-state index in [4.69, 9.17) is 0 Å². The first-order valence-electron chi connectivity index (χ1n) is 8.23. The second-order valence-electron chi connectivity index (χ2n) is 6.02. The van der Waals surface area contributed by atoms with Gasteiger partial charge in [0.05, 0.1) is 5.69 Å². The molecule has 1 fully saturated rings. The Morgan fingerprint density at radius 3 is 2.50 bits per heavy atom. The van der Waals surface area contributed by atoms with E-state index in [1.807, 2.05) is 31.1 Å². The molecule has 1 aromatic carbocycles. The van der Waals surface area contributed by atoms with Gasteiger partial charge in [-0.15, -0.1) is 0 Å². The standard InChI is InChI=1S/C17H29FN4/c1-4-21-9-11-22(12-10-21)14-15-5-6-16(18)17(13-15)20(3)8-7-19-2/h5-6,13,19H,4,7-12,14H2,1-3H3. The Kier molecular flexibility index (Phi) is 6.61. The topological polar surface area (TPSA) is 21.8 Å². The first-order chi connectivity index (χ1) is 10.6. The third kappa shape index (κ3) is 4.66. The van der Waals surface area contributed by atoms with E-state index in [9.17, 15) is 4.39 Å². The summed E-state index contributed by atoms with van der Waals surface area (Å²) in [7, 11) is 3.86. The van der Waals surface area contributed by atoms with Crippen molar-refractivity contribution in [3.8, 4) is 0 Å². The molecule has 1 heterocycles. The van der Waals surface area contributed by atoms with Gasteiger partial charge in [-0.05, 0) is 31.3 Å². The highest BCUT2D eigenvalue weighted by atomic mass is 19.1. The second-order valence-corrected chi connectivity index (χ2v) is 6.02. The fourth-order valence-corrected chi connectivity index (χ4v) is 2.87. The lowest BCUT2D eigenvalue weighted by atomic mass is 10.1. The molecule has 0 bridgehead atoms. The van der Waals surface area contributed by atoms with Crippen LogP contribution in [-0.4, -0.2) is 69.7 Å². The van der Waals surface area contributed by atoms with Gasteiger partial charge in [0.15, 0.2) is 0 Å². The van der Waals surface area contributed by atoms with Crippen molar-refractivity contribution < 1.29 is 4.39 Å². The van der Waals surface area contributed by atoms with E-state index in [1.165, 1.54) is 5.56 Å². The maximum atomic E-state index is 14.0. The highest BCUT2D eigenvalue weighted by Crippen LogP contribution is 2.21. The summed E-state index contributed by atoms with van der Waals surface area (Å²) in [6.07, 6.45) is 0. The molecule has 0 spiro atoms. The monoisotopic (exact) mass is 308 g/mol. The normalized spacial score (nSPS) is 16.9. The molecular formula is C17H29FN4. The van der Waals surface area contributed by atoms with Crippen LogP contribution in [-0.2, 0) is 6.54 Å². The largest absolute Gasteiger partial charge is 0.371 e. The average molecular weight is 308 g/mol. The lowest BCUT2D eigenvalue weighted by molar-refractivity contribution is 0.132. The Labute approximate surface area is 133 Å². The molecule has 1 saturated heterocycles. The van der Waals surface area contributed by atoms with Crippen LogP contribution in [0.3, 0.4) is 0 Å². The van der Waals surface area contributed by atoms with E-state index in [1.54, 1.807) is 6.07 Å². The molecule has 0 unspecified atom stereocenters. The molecule has 0 atom stereocenters. The summed E-state index contributed by atoms with van der Waals surface area (Å²) in [5.74, 6) is -0.141. The van der Waals surface area contributed by atoms with E-state index < -0.39 is 0 Å². The zero-order valence-corrected chi connectivity index (χ0v) is 14.1. The number of hydrogen-bond donors (Lipinski definition) is 1. The molecule has 0 amide bonds. The fourth-order valence-electron chi connectivity index (χ4n) is 2.87. The summed E-state index contributed by atoms with van der Waals surface area (Å²) in [5.41, 5.74) is 1.89. The molecule has 4 nitrogen and oxygen atoms in total. The number of likely N-dealkylation sites (N-methyl/N-ethyl adjacent to an activating group) is 3. The van der Waals surface area contributed by atoms with Crippen LogP contribution in [0.1, 0.15) is 12.5 Å². The van der Waals surface area contributed by atoms with E-state index in [0.29, 0.717) is 5.69 Å². The molecule has 0 saturated carbocycles. The van der Waals surface area contributed by atoms with Crippen molar-refractivity contribution in [2.24, 2.45) is 0 Å². The van der Waals surface area contributed by atoms with Crippen molar-refractivity contribution in [3.63, 3.8) is 0 Å². The first-order valence-corrected chi connectivity index (χ1v) is 8.23. The molecule has 1 aliphatic rings. The Balaban J connectivity index is 1.97. The van der Waals surface area contributed by atoms with Gasteiger partial charge >= 0.3 is 0 Å². The van der Waals surface area contributed by atoms with Crippen LogP contribution in [0.5, 0.6) is 0 Å². The highest BCUT2D eigenvalue weighted by Gasteiger charge is 2.16. The van der Waals surface area contributed by atoms with Gasteiger partial charge in [-0.3, -0.25) is 4.90 Å². The predicted octanol–water partition coefficient (Wildman–Crippen LogP) is 1.62. The zero-order valence-electron chi connectivity index (χ0n) is 14.1. The summed E-state index contributed by atoms with van der Waals surface area (Å²) in [5, 5.41) is 3.10. The van der Waals surface area contributed by atoms with Crippen molar-refractivity contribution >= 4 is 5.69 Å². The SMILES string of the molecule is CCN1CCN(Cc2ccc(F)c(N(C)CCNC)c2)CC1. The lowest BCUT2D eigenvalue weighted by Crippen LogP contribution is -2.45. The highest BCUT2D eigenvalue weighted by molar-refractivity contribution is 5.49. The number of nitrogens with zero attached hydrogens (tertiary/aromatic N) is 3. The van der Waals surface area contributed by atoms with Gasteiger partial charge < -0.3 is 15.1 Å². The van der Waals surface area contributed by atoms with Gasteiger partial charge in [0, 0.05) is 52.9 Å². The number of anilines is 1. The molecular weight excluding hydrogens is 279 g/mol. The number of halogens is 1. The molecule has 0 aromatic heterocycles. The number of benzene rings is 1. The lowest BCUT2D eigenvalue weighted by Gasteiger charge is -2.34. The van der Waals surface area contributed by atoms with Crippen molar-refractivity contribution in [3.05, 3.63) is 29.6 Å². The number of piperazine rings is 1. The van der Waals surface area contributed by atoms with Crippen molar-refractivity contribution in [2.75, 3.05) is 64.8 Å². The van der Waals surface area contributed by atoms with Gasteiger partial charge in [0.1, 0.15) is 5.82 Å². The number of hydrogen-bond acceptors (Lipinski definition) is 4. The minimum atomic E-state index is -0.141. The maximum Gasteiger partial charge on any atom is 0.146 e. The first kappa shape index (κ1) is 17.2. The van der Waals surface area contributed by atoms with Crippen LogP contribution in [0.25, 0.3) is 0 Å². The summed E-state index contributed by atoms with van der Waals surface area (Å²) in [6.45, 7) is 10.3. The molecule has 0 radical (unpaired) electrons. The maximum absolute atomic E-state index is 14.0. The molecule has 1 aromatic rings. The quantitative estimate of drug-likeness (QED) is 0.826. The van der Waals surface area contributed by atoms with Crippen LogP contribution in [0.2, 0.25) is 0 Å². The Morgan fingerprint density at radius 1 is 1.18 bits per heavy atom. The van der Waals surface area contributed by atoms with Crippen LogP contribution < -0.4 is 10.2 Å². The van der Waals surface area contributed by atoms with Gasteiger partial charge in [-0.2, -0.15) is 0 Å². The minimum absolute atomic E-state index is 0.141. The third-order valence-corrected chi connectivity index (χ3v) is 4.44. The molecule has 22 heavy (non-hydrogen) atoms. The summed E-state index contributed by atoms with van der Waals surface area (Å²) < 4.78 is 14.0. The van der Waals surface area contributed by atoms with Crippen LogP contribution in [0.15, 0.2) is 18.2 Å². The van der Waals surface area contributed by atoms with E-state index >= 15 is 0 Å². The summed E-state index contributed by atoms with van der Waals surface area (Å²) in [6, 6.07) is 5.51. The Hall–Kier alpha value is -1.17. The summed E-state index contributed by atoms with van der Waals surface area (Å²) in [4.78, 5) is 6.90. The predicted molar refractivity (Wildman–Crippen MR) is 91.0 cm³/mol. The molecule has 124 valence electrons. The smallest absolute Gasteiger partial charge is 0.146 e. The molecule has 2 rings (SSSR count). The Morgan fingerprint density at radius 2 is 1.86 bits per heavy atom. The average Bonchev–Trinajstić information content (AvgIpc) is 2.55. The van der Waals surface area contributed by atoms with Gasteiger partial charge in [0.2, 0.25) is 0 Å².